The molecule has 0 heterocycles. The molecule has 2 aliphatic carbocycles. The lowest BCUT2D eigenvalue weighted by atomic mass is 9.54. The molecule has 1 N–H and O–H groups in total. The first kappa shape index (κ1) is 38.3. The molecule has 0 aromatic rings. The maximum Gasteiger partial charge on any atom is 0.0140 e. The fourth-order valence-electron chi connectivity index (χ4n) is 7.15. The van der Waals surface area contributed by atoms with Crippen molar-refractivity contribution in [2.75, 3.05) is 13.1 Å². The van der Waals surface area contributed by atoms with Gasteiger partial charge in [-0.2, -0.15) is 0 Å². The van der Waals surface area contributed by atoms with Crippen LogP contribution in [0.2, 0.25) is 0 Å². The molecule has 0 spiro atoms. The monoisotopic (exact) mass is 602 g/mol. The van der Waals surface area contributed by atoms with E-state index in [1.54, 1.807) is 11.1 Å². The van der Waals surface area contributed by atoms with Crippen LogP contribution in [0.4, 0.5) is 0 Å². The lowest BCUT2D eigenvalue weighted by Crippen LogP contribution is -2.42. The first-order valence-electron chi connectivity index (χ1n) is 17.8. The van der Waals surface area contributed by atoms with Crippen LogP contribution in [0.3, 0.4) is 0 Å². The minimum atomic E-state index is 0.161. The van der Waals surface area contributed by atoms with Gasteiger partial charge in [-0.25, -0.2) is 0 Å². The first-order valence-corrected chi connectivity index (χ1v) is 17.8. The highest BCUT2D eigenvalue weighted by molar-refractivity contribution is 5.33. The third-order valence-corrected chi connectivity index (χ3v) is 11.3. The van der Waals surface area contributed by atoms with Gasteiger partial charge < -0.3 is 5.32 Å². The molecule has 0 bridgehead atoms. The van der Waals surface area contributed by atoms with Gasteiger partial charge in [0.1, 0.15) is 0 Å². The van der Waals surface area contributed by atoms with Crippen LogP contribution in [0, 0.1) is 33.0 Å². The van der Waals surface area contributed by atoms with E-state index in [2.05, 4.69) is 156 Å². The predicted octanol–water partition coefficient (Wildman–Crippen LogP) is 12.9. The summed E-state index contributed by atoms with van der Waals surface area (Å²) < 4.78 is 0. The number of hydrogen-bond donors (Lipinski definition) is 1. The van der Waals surface area contributed by atoms with Gasteiger partial charge >= 0.3 is 0 Å². The molecule has 0 aromatic heterocycles. The second kappa shape index (κ2) is 16.1. The SMILES string of the molecule is CC1=C(/C=C/C(C)(C)C/C=C/C(C)(C)CCNC/C=C(C)/C=C/C=C(C)/C=C/C2(C)C(C)CCCC2(C)C)C(C)(C)CCC1. The zero-order valence-electron chi connectivity index (χ0n) is 31.4. The zero-order valence-corrected chi connectivity index (χ0v) is 31.4. The molecule has 2 aliphatic rings. The van der Waals surface area contributed by atoms with Gasteiger partial charge in [0.2, 0.25) is 0 Å². The summed E-state index contributed by atoms with van der Waals surface area (Å²) in [6.07, 6.45) is 33.6. The Bertz CT molecular complexity index is 1140. The van der Waals surface area contributed by atoms with Crippen molar-refractivity contribution in [2.24, 2.45) is 33.0 Å². The molecule has 0 radical (unpaired) electrons. The highest BCUT2D eigenvalue weighted by Crippen LogP contribution is 2.54. The van der Waals surface area contributed by atoms with Crippen molar-refractivity contribution >= 4 is 0 Å². The lowest BCUT2D eigenvalue weighted by Gasteiger charge is -2.51. The van der Waals surface area contributed by atoms with E-state index in [1.165, 1.54) is 49.7 Å². The summed E-state index contributed by atoms with van der Waals surface area (Å²) in [6, 6.07) is 0. The quantitative estimate of drug-likeness (QED) is 0.119. The van der Waals surface area contributed by atoms with Crippen LogP contribution in [0.25, 0.3) is 0 Å². The fourth-order valence-corrected chi connectivity index (χ4v) is 7.15. The fraction of sp³-hybridized carbons (Fsp3) is 0.674. The topological polar surface area (TPSA) is 12.0 Å². The Balaban J connectivity index is 1.78. The van der Waals surface area contributed by atoms with Crippen LogP contribution in [0.15, 0.2) is 83.1 Å². The average Bonchev–Trinajstić information content (AvgIpc) is 2.89. The molecule has 0 saturated heterocycles. The molecule has 0 aromatic carbocycles. The Morgan fingerprint density at radius 1 is 0.909 bits per heavy atom. The van der Waals surface area contributed by atoms with E-state index >= 15 is 0 Å². The second-order valence-electron chi connectivity index (χ2n) is 17.3. The summed E-state index contributed by atoms with van der Waals surface area (Å²) in [5.74, 6) is 0.728. The summed E-state index contributed by atoms with van der Waals surface area (Å²) >= 11 is 0. The first-order chi connectivity index (χ1) is 20.3. The van der Waals surface area contributed by atoms with Crippen molar-refractivity contribution in [1.29, 1.82) is 0 Å². The molecule has 2 unspecified atom stereocenters. The molecule has 0 aliphatic heterocycles. The Morgan fingerprint density at radius 2 is 1.61 bits per heavy atom. The molecule has 248 valence electrons. The highest BCUT2D eigenvalue weighted by atomic mass is 14.8. The van der Waals surface area contributed by atoms with Gasteiger partial charge in [0.05, 0.1) is 0 Å². The molecule has 44 heavy (non-hydrogen) atoms. The molecule has 1 nitrogen and oxygen atoms in total. The Morgan fingerprint density at radius 3 is 2.27 bits per heavy atom. The van der Waals surface area contributed by atoms with Crippen molar-refractivity contribution in [2.45, 2.75) is 141 Å². The molecule has 0 amide bonds. The van der Waals surface area contributed by atoms with Crippen LogP contribution < -0.4 is 5.32 Å². The van der Waals surface area contributed by atoms with Gasteiger partial charge in [0, 0.05) is 6.54 Å². The van der Waals surface area contributed by atoms with E-state index in [4.69, 9.17) is 0 Å². The van der Waals surface area contributed by atoms with Crippen LogP contribution in [0.1, 0.15) is 141 Å². The Kier molecular flexibility index (Phi) is 14.0. The summed E-state index contributed by atoms with van der Waals surface area (Å²) in [4.78, 5) is 0. The summed E-state index contributed by atoms with van der Waals surface area (Å²) in [5, 5.41) is 3.63. The molecule has 1 fully saturated rings. The summed E-state index contributed by atoms with van der Waals surface area (Å²) in [6.45, 7) is 32.7. The van der Waals surface area contributed by atoms with E-state index in [9.17, 15) is 0 Å². The number of allylic oxidation sites excluding steroid dienone is 13. The smallest absolute Gasteiger partial charge is 0.0140 e. The number of hydrogen-bond acceptors (Lipinski definition) is 1. The second-order valence-corrected chi connectivity index (χ2v) is 17.3. The van der Waals surface area contributed by atoms with Crippen LogP contribution in [0.5, 0.6) is 0 Å². The van der Waals surface area contributed by atoms with Gasteiger partial charge in [-0.15, -0.1) is 0 Å². The predicted molar refractivity (Wildman–Crippen MR) is 199 cm³/mol. The summed E-state index contributed by atoms with van der Waals surface area (Å²) in [7, 11) is 0. The van der Waals surface area contributed by atoms with Crippen molar-refractivity contribution in [1.82, 2.24) is 5.32 Å². The van der Waals surface area contributed by atoms with E-state index in [-0.39, 0.29) is 16.2 Å². The van der Waals surface area contributed by atoms with Gasteiger partial charge in [0.25, 0.3) is 0 Å². The number of rotatable bonds is 14. The molecular formula is C43H71N. The minimum Gasteiger partial charge on any atom is -0.313 e. The third-order valence-electron chi connectivity index (χ3n) is 11.3. The summed E-state index contributed by atoms with van der Waals surface area (Å²) in [5.41, 5.74) is 7.03. The van der Waals surface area contributed by atoms with Crippen LogP contribution >= 0.6 is 0 Å². The van der Waals surface area contributed by atoms with Gasteiger partial charge in [0.15, 0.2) is 0 Å². The molecule has 1 saturated carbocycles. The van der Waals surface area contributed by atoms with Gasteiger partial charge in [-0.1, -0.05) is 153 Å². The third kappa shape index (κ3) is 11.8. The highest BCUT2D eigenvalue weighted by Gasteiger charge is 2.45. The largest absolute Gasteiger partial charge is 0.313 e. The maximum absolute atomic E-state index is 3.63. The van der Waals surface area contributed by atoms with Crippen molar-refractivity contribution < 1.29 is 0 Å². The lowest BCUT2D eigenvalue weighted by molar-refractivity contribution is 0.0270. The van der Waals surface area contributed by atoms with Gasteiger partial charge in [-0.05, 0) is 111 Å². The zero-order chi connectivity index (χ0) is 33.2. The Hall–Kier alpha value is -1.86. The molecular weight excluding hydrogens is 530 g/mol. The van der Waals surface area contributed by atoms with Crippen LogP contribution in [-0.4, -0.2) is 13.1 Å². The van der Waals surface area contributed by atoms with Crippen molar-refractivity contribution in [3.8, 4) is 0 Å². The van der Waals surface area contributed by atoms with Crippen LogP contribution in [-0.2, 0) is 0 Å². The molecule has 2 rings (SSSR count). The molecule has 1 heteroatoms. The number of nitrogens with one attached hydrogen (secondary N) is 1. The standard InChI is InChI=1S/C43H71N/c1-34(22-30-43(13)37(4)21-16-28-42(43,11)12)18-14-19-35(2)24-32-44-33-31-40(7,8)26-17-25-39(5,6)29-23-38-36(3)20-15-27-41(38,9)10/h14,17-19,22-24,26,29-30,37,44H,15-16,20-21,25,27-28,31-33H2,1-13H3/b19-14+,26-17+,29-23+,30-22+,34-18+,35-24+. The Labute approximate surface area is 275 Å². The normalized spacial score (nSPS) is 25.8. The van der Waals surface area contributed by atoms with E-state index in [0.717, 1.165) is 31.8 Å². The minimum absolute atomic E-state index is 0.161. The van der Waals surface area contributed by atoms with Crippen molar-refractivity contribution in [3.05, 3.63) is 83.1 Å². The van der Waals surface area contributed by atoms with E-state index in [0.29, 0.717) is 10.8 Å². The maximum atomic E-state index is 3.63. The van der Waals surface area contributed by atoms with Gasteiger partial charge in [-0.3, -0.25) is 0 Å². The van der Waals surface area contributed by atoms with Crippen molar-refractivity contribution in [3.63, 3.8) is 0 Å². The van der Waals surface area contributed by atoms with E-state index < -0.39 is 0 Å². The van der Waals surface area contributed by atoms with E-state index in [1.807, 2.05) is 0 Å². The molecule has 2 atom stereocenters. The average molecular weight is 602 g/mol.